The molecule has 0 amide bonds. The standard InChI is InChI=1S/C15H15NO5/c16-12(14(17)18)13(15(19)20)21-8-10-6-3-5-9-4-1-2-7-11(9)10/h1-7,12-13H,8,16H2,(H,17,18)(H,19,20)/t12-,13?/m0/s1. The topological polar surface area (TPSA) is 110 Å². The van der Waals surface area contributed by atoms with E-state index in [1.165, 1.54) is 0 Å². The molecular formula is C15H15NO5. The number of rotatable bonds is 6. The molecule has 0 heterocycles. The van der Waals surface area contributed by atoms with Crippen molar-refractivity contribution in [2.45, 2.75) is 18.8 Å². The highest BCUT2D eigenvalue weighted by molar-refractivity contribution is 5.86. The molecule has 2 aromatic carbocycles. The van der Waals surface area contributed by atoms with Gasteiger partial charge in [-0.3, -0.25) is 4.79 Å². The summed E-state index contributed by atoms with van der Waals surface area (Å²) in [5.74, 6) is -2.81. The molecule has 0 spiro atoms. The first-order valence-electron chi connectivity index (χ1n) is 6.30. The number of benzene rings is 2. The van der Waals surface area contributed by atoms with Crippen molar-refractivity contribution in [3.63, 3.8) is 0 Å². The van der Waals surface area contributed by atoms with Gasteiger partial charge in [0, 0.05) is 0 Å². The second kappa shape index (κ2) is 6.34. The van der Waals surface area contributed by atoms with Crippen LogP contribution in [0.2, 0.25) is 0 Å². The predicted molar refractivity (Wildman–Crippen MR) is 75.8 cm³/mol. The van der Waals surface area contributed by atoms with Crippen molar-refractivity contribution >= 4 is 22.7 Å². The molecule has 2 aromatic rings. The minimum absolute atomic E-state index is 0.0285. The van der Waals surface area contributed by atoms with Crippen LogP contribution in [-0.2, 0) is 20.9 Å². The van der Waals surface area contributed by atoms with Crippen LogP contribution in [0.15, 0.2) is 42.5 Å². The number of hydrogen-bond donors (Lipinski definition) is 3. The fraction of sp³-hybridized carbons (Fsp3) is 0.200. The molecule has 0 fully saturated rings. The highest BCUT2D eigenvalue weighted by Crippen LogP contribution is 2.19. The van der Waals surface area contributed by atoms with E-state index in [1.807, 2.05) is 36.4 Å². The van der Waals surface area contributed by atoms with E-state index >= 15 is 0 Å². The molecule has 1 unspecified atom stereocenters. The Morgan fingerprint density at radius 3 is 2.38 bits per heavy atom. The summed E-state index contributed by atoms with van der Waals surface area (Å²) in [6, 6.07) is 11.5. The van der Waals surface area contributed by atoms with E-state index < -0.39 is 24.1 Å². The molecule has 0 radical (unpaired) electrons. The van der Waals surface area contributed by atoms with Crippen LogP contribution < -0.4 is 5.73 Å². The SMILES string of the molecule is N[C@H](C(=O)O)C(OCc1cccc2ccccc12)C(=O)O. The van der Waals surface area contributed by atoms with Gasteiger partial charge in [0.15, 0.2) is 6.10 Å². The van der Waals surface area contributed by atoms with Gasteiger partial charge in [0.2, 0.25) is 0 Å². The smallest absolute Gasteiger partial charge is 0.335 e. The van der Waals surface area contributed by atoms with E-state index in [9.17, 15) is 9.59 Å². The molecule has 21 heavy (non-hydrogen) atoms. The van der Waals surface area contributed by atoms with Crippen LogP contribution in [-0.4, -0.2) is 34.3 Å². The number of hydrogen-bond acceptors (Lipinski definition) is 4. The summed E-state index contributed by atoms with van der Waals surface area (Å²) >= 11 is 0. The number of carbonyl (C=O) groups is 2. The van der Waals surface area contributed by atoms with Gasteiger partial charge < -0.3 is 20.7 Å². The lowest BCUT2D eigenvalue weighted by Gasteiger charge is -2.17. The Labute approximate surface area is 120 Å². The summed E-state index contributed by atoms with van der Waals surface area (Å²) in [7, 11) is 0. The Hall–Kier alpha value is -2.44. The second-order valence-electron chi connectivity index (χ2n) is 4.57. The van der Waals surface area contributed by atoms with Crippen LogP contribution in [0, 0.1) is 0 Å². The quantitative estimate of drug-likeness (QED) is 0.737. The Morgan fingerprint density at radius 1 is 1.05 bits per heavy atom. The Balaban J connectivity index is 2.20. The fourth-order valence-corrected chi connectivity index (χ4v) is 2.06. The molecule has 0 aliphatic carbocycles. The average molecular weight is 289 g/mol. The Morgan fingerprint density at radius 2 is 1.71 bits per heavy atom. The molecule has 0 aromatic heterocycles. The van der Waals surface area contributed by atoms with E-state index in [-0.39, 0.29) is 6.61 Å². The zero-order chi connectivity index (χ0) is 15.4. The molecule has 6 heteroatoms. The van der Waals surface area contributed by atoms with Gasteiger partial charge in [-0.2, -0.15) is 0 Å². The van der Waals surface area contributed by atoms with Crippen molar-refractivity contribution in [3.05, 3.63) is 48.0 Å². The number of carboxylic acids is 2. The number of carboxylic acid groups (broad SMARTS) is 2. The zero-order valence-corrected chi connectivity index (χ0v) is 11.1. The molecule has 0 saturated heterocycles. The van der Waals surface area contributed by atoms with Crippen molar-refractivity contribution in [3.8, 4) is 0 Å². The summed E-state index contributed by atoms with van der Waals surface area (Å²) in [4.78, 5) is 21.9. The van der Waals surface area contributed by atoms with Gasteiger partial charge in [0.05, 0.1) is 6.61 Å². The largest absolute Gasteiger partial charge is 0.480 e. The van der Waals surface area contributed by atoms with Gasteiger partial charge in [-0.1, -0.05) is 42.5 Å². The van der Waals surface area contributed by atoms with Crippen LogP contribution >= 0.6 is 0 Å². The second-order valence-corrected chi connectivity index (χ2v) is 4.57. The van der Waals surface area contributed by atoms with Gasteiger partial charge in [-0.05, 0) is 16.3 Å². The third kappa shape index (κ3) is 3.36. The normalized spacial score (nSPS) is 13.8. The molecule has 2 rings (SSSR count). The fourth-order valence-electron chi connectivity index (χ4n) is 2.06. The number of ether oxygens (including phenoxy) is 1. The Bertz CT molecular complexity index is 665. The highest BCUT2D eigenvalue weighted by Gasteiger charge is 2.31. The molecule has 0 aliphatic rings. The van der Waals surface area contributed by atoms with E-state index in [2.05, 4.69) is 0 Å². The third-order valence-corrected chi connectivity index (χ3v) is 3.15. The van der Waals surface area contributed by atoms with E-state index in [1.54, 1.807) is 6.07 Å². The average Bonchev–Trinajstić information content (AvgIpc) is 2.47. The van der Waals surface area contributed by atoms with Crippen molar-refractivity contribution < 1.29 is 24.5 Å². The van der Waals surface area contributed by atoms with Gasteiger partial charge in [0.25, 0.3) is 0 Å². The summed E-state index contributed by atoms with van der Waals surface area (Å²) in [5, 5.41) is 19.7. The maximum Gasteiger partial charge on any atom is 0.335 e. The van der Waals surface area contributed by atoms with Crippen molar-refractivity contribution in [1.82, 2.24) is 0 Å². The zero-order valence-electron chi connectivity index (χ0n) is 11.1. The first-order valence-corrected chi connectivity index (χ1v) is 6.30. The molecule has 2 atom stereocenters. The van der Waals surface area contributed by atoms with Crippen LogP contribution in [0.4, 0.5) is 0 Å². The van der Waals surface area contributed by atoms with E-state index in [4.69, 9.17) is 20.7 Å². The van der Waals surface area contributed by atoms with Crippen LogP contribution in [0.1, 0.15) is 5.56 Å². The van der Waals surface area contributed by atoms with Crippen molar-refractivity contribution in [2.75, 3.05) is 0 Å². The number of fused-ring (bicyclic) bond motifs is 1. The van der Waals surface area contributed by atoms with E-state index in [0.29, 0.717) is 0 Å². The lowest BCUT2D eigenvalue weighted by Crippen LogP contribution is -2.47. The monoisotopic (exact) mass is 289 g/mol. The molecular weight excluding hydrogens is 274 g/mol. The number of nitrogens with two attached hydrogens (primary N) is 1. The van der Waals surface area contributed by atoms with Gasteiger partial charge >= 0.3 is 11.9 Å². The summed E-state index contributed by atoms with van der Waals surface area (Å²) < 4.78 is 5.22. The molecule has 0 saturated carbocycles. The van der Waals surface area contributed by atoms with Gasteiger partial charge in [-0.25, -0.2) is 4.79 Å². The molecule has 6 nitrogen and oxygen atoms in total. The summed E-state index contributed by atoms with van der Waals surface area (Å²) in [5.41, 5.74) is 6.11. The lowest BCUT2D eigenvalue weighted by atomic mass is 10.1. The molecule has 0 bridgehead atoms. The lowest BCUT2D eigenvalue weighted by molar-refractivity contribution is -0.159. The van der Waals surface area contributed by atoms with Crippen LogP contribution in [0.5, 0.6) is 0 Å². The van der Waals surface area contributed by atoms with Gasteiger partial charge in [0.1, 0.15) is 6.04 Å². The third-order valence-electron chi connectivity index (χ3n) is 3.15. The highest BCUT2D eigenvalue weighted by atomic mass is 16.5. The summed E-state index contributed by atoms with van der Waals surface area (Å²) in [6.07, 6.45) is -1.60. The van der Waals surface area contributed by atoms with E-state index in [0.717, 1.165) is 16.3 Å². The maximum atomic E-state index is 11.1. The first-order chi connectivity index (χ1) is 10.0. The van der Waals surface area contributed by atoms with Crippen LogP contribution in [0.25, 0.3) is 10.8 Å². The maximum absolute atomic E-state index is 11.1. The minimum atomic E-state index is -1.61. The minimum Gasteiger partial charge on any atom is -0.480 e. The molecule has 110 valence electrons. The van der Waals surface area contributed by atoms with Crippen molar-refractivity contribution in [2.24, 2.45) is 5.73 Å². The van der Waals surface area contributed by atoms with Crippen LogP contribution in [0.3, 0.4) is 0 Å². The molecule has 4 N–H and O–H groups in total. The summed E-state index contributed by atoms with van der Waals surface area (Å²) in [6.45, 7) is -0.0285. The molecule has 0 aliphatic heterocycles. The van der Waals surface area contributed by atoms with Gasteiger partial charge in [-0.15, -0.1) is 0 Å². The van der Waals surface area contributed by atoms with Crippen molar-refractivity contribution in [1.29, 1.82) is 0 Å². The number of aliphatic carboxylic acids is 2. The predicted octanol–water partition coefficient (Wildman–Crippen LogP) is 1.22. The Kier molecular flexibility index (Phi) is 4.52. The first kappa shape index (κ1) is 15.0.